The van der Waals surface area contributed by atoms with Crippen LogP contribution in [0.1, 0.15) is 5.01 Å². The van der Waals surface area contributed by atoms with E-state index in [9.17, 15) is 4.21 Å². The number of thiazole rings is 1. The summed E-state index contributed by atoms with van der Waals surface area (Å²) in [7, 11) is -0.786. The predicted molar refractivity (Wildman–Crippen MR) is 76.2 cm³/mol. The summed E-state index contributed by atoms with van der Waals surface area (Å²) in [5.74, 6) is 0.619. The molecule has 2 aromatic rings. The molecule has 0 saturated heterocycles. The number of rotatable bonds is 4. The van der Waals surface area contributed by atoms with Crippen LogP contribution in [-0.2, 0) is 10.8 Å². The number of hydrogen-bond donors (Lipinski definition) is 2. The molecule has 1 aromatic heterocycles. The highest BCUT2D eigenvalue weighted by Crippen LogP contribution is 2.29. The molecule has 0 aliphatic rings. The Kier molecular flexibility index (Phi) is 3.63. The molecule has 0 bridgehead atoms. The van der Waals surface area contributed by atoms with E-state index < -0.39 is 10.8 Å². The Balaban J connectivity index is 2.21. The molecule has 0 saturated carbocycles. The summed E-state index contributed by atoms with van der Waals surface area (Å²) < 4.78 is 12.1. The number of nitrogen functional groups attached to an aromatic ring is 1. The van der Waals surface area contributed by atoms with Gasteiger partial charge in [-0.1, -0.05) is 0 Å². The van der Waals surface area contributed by atoms with E-state index in [0.29, 0.717) is 18.0 Å². The largest absolute Gasteiger partial charge is 0.397 e. The summed E-state index contributed by atoms with van der Waals surface area (Å²) in [6.45, 7) is 2.64. The van der Waals surface area contributed by atoms with Gasteiger partial charge in [0.1, 0.15) is 0 Å². The lowest BCUT2D eigenvalue weighted by Crippen LogP contribution is -2.10. The second-order valence-corrected chi connectivity index (χ2v) is 6.63. The number of nitrogens with one attached hydrogen (secondary N) is 1. The first-order chi connectivity index (χ1) is 8.06. The number of benzene rings is 1. The molecule has 1 atom stereocenters. The fourth-order valence-electron chi connectivity index (χ4n) is 1.59. The summed E-state index contributed by atoms with van der Waals surface area (Å²) in [4.78, 5) is 4.42. The fraction of sp³-hybridized carbons (Fsp3) is 0.364. The molecule has 2 rings (SSSR count). The van der Waals surface area contributed by atoms with Crippen LogP contribution in [0.2, 0.25) is 0 Å². The summed E-state index contributed by atoms with van der Waals surface area (Å²) >= 11 is 1.64. The van der Waals surface area contributed by atoms with E-state index in [1.807, 2.05) is 19.1 Å². The number of nitrogens with two attached hydrogens (primary N) is 1. The van der Waals surface area contributed by atoms with Gasteiger partial charge in [-0.05, 0) is 19.1 Å². The predicted octanol–water partition coefficient (Wildman–Crippen LogP) is 1.98. The van der Waals surface area contributed by atoms with Gasteiger partial charge in [0.15, 0.2) is 0 Å². The minimum Gasteiger partial charge on any atom is -0.397 e. The van der Waals surface area contributed by atoms with Gasteiger partial charge in [-0.25, -0.2) is 4.98 Å². The van der Waals surface area contributed by atoms with Crippen molar-refractivity contribution in [3.05, 3.63) is 17.1 Å². The Morgan fingerprint density at radius 1 is 1.53 bits per heavy atom. The molecule has 92 valence electrons. The molecule has 17 heavy (non-hydrogen) atoms. The molecule has 6 heteroatoms. The number of hydrogen-bond acceptors (Lipinski definition) is 5. The molecule has 0 amide bonds. The number of aromatic nitrogens is 1. The number of aryl methyl sites for hydroxylation is 1. The second kappa shape index (κ2) is 5.01. The molecule has 1 heterocycles. The molecule has 0 fully saturated rings. The van der Waals surface area contributed by atoms with Crippen molar-refractivity contribution in [1.29, 1.82) is 0 Å². The third kappa shape index (κ3) is 2.95. The van der Waals surface area contributed by atoms with Crippen molar-refractivity contribution in [2.45, 2.75) is 6.92 Å². The highest BCUT2D eigenvalue weighted by atomic mass is 32.2. The third-order valence-corrected chi connectivity index (χ3v) is 4.08. The third-order valence-electron chi connectivity index (χ3n) is 2.37. The van der Waals surface area contributed by atoms with E-state index in [4.69, 9.17) is 5.73 Å². The van der Waals surface area contributed by atoms with Gasteiger partial charge in [0.25, 0.3) is 0 Å². The van der Waals surface area contributed by atoms with Crippen LogP contribution in [-0.4, -0.2) is 27.7 Å². The van der Waals surface area contributed by atoms with Crippen molar-refractivity contribution in [3.8, 4) is 0 Å². The SMILES string of the molecule is Cc1nc2cc(NCCS(C)=O)c(N)cc2s1. The normalized spacial score (nSPS) is 12.8. The van der Waals surface area contributed by atoms with Crippen LogP contribution in [0, 0.1) is 6.92 Å². The Morgan fingerprint density at radius 3 is 3.00 bits per heavy atom. The van der Waals surface area contributed by atoms with Crippen LogP contribution < -0.4 is 11.1 Å². The van der Waals surface area contributed by atoms with Gasteiger partial charge in [-0.3, -0.25) is 4.21 Å². The van der Waals surface area contributed by atoms with E-state index in [1.165, 1.54) is 0 Å². The van der Waals surface area contributed by atoms with Crippen LogP contribution in [0.15, 0.2) is 12.1 Å². The van der Waals surface area contributed by atoms with Crippen molar-refractivity contribution in [3.63, 3.8) is 0 Å². The zero-order valence-electron chi connectivity index (χ0n) is 9.82. The average Bonchev–Trinajstić information content (AvgIpc) is 2.57. The summed E-state index contributed by atoms with van der Waals surface area (Å²) in [5.41, 5.74) is 8.49. The topological polar surface area (TPSA) is 68.0 Å². The van der Waals surface area contributed by atoms with Crippen LogP contribution >= 0.6 is 11.3 Å². The smallest absolute Gasteiger partial charge is 0.0907 e. The highest BCUT2D eigenvalue weighted by Gasteiger charge is 2.05. The van der Waals surface area contributed by atoms with Crippen molar-refractivity contribution < 1.29 is 4.21 Å². The Hall–Kier alpha value is -1.14. The zero-order chi connectivity index (χ0) is 12.4. The van der Waals surface area contributed by atoms with Crippen molar-refractivity contribution in [2.24, 2.45) is 0 Å². The molecule has 0 radical (unpaired) electrons. The molecular weight excluding hydrogens is 254 g/mol. The Bertz CT molecular complexity index is 565. The van der Waals surface area contributed by atoms with Crippen LogP contribution in [0.3, 0.4) is 0 Å². The van der Waals surface area contributed by atoms with Crippen LogP contribution in [0.4, 0.5) is 11.4 Å². The maximum absolute atomic E-state index is 11.0. The minimum atomic E-state index is -0.786. The molecule has 0 spiro atoms. The van der Waals surface area contributed by atoms with Crippen LogP contribution in [0.25, 0.3) is 10.2 Å². The van der Waals surface area contributed by atoms with Gasteiger partial charge >= 0.3 is 0 Å². The lowest BCUT2D eigenvalue weighted by atomic mass is 10.2. The standard InChI is InChI=1S/C11H15N3OS2/c1-7-14-10-6-9(13-3-4-17(2)15)8(12)5-11(10)16-7/h5-6,13H,3-4,12H2,1-2H3. The molecule has 1 aromatic carbocycles. The molecule has 0 aliphatic heterocycles. The second-order valence-electron chi connectivity index (χ2n) is 3.84. The van der Waals surface area contributed by atoms with E-state index in [2.05, 4.69) is 10.3 Å². The number of anilines is 2. The van der Waals surface area contributed by atoms with Crippen molar-refractivity contribution >= 4 is 43.7 Å². The lowest BCUT2D eigenvalue weighted by Gasteiger charge is -2.08. The lowest BCUT2D eigenvalue weighted by molar-refractivity contribution is 0.687. The Labute approximate surface area is 107 Å². The summed E-state index contributed by atoms with van der Waals surface area (Å²) in [5, 5.41) is 4.23. The summed E-state index contributed by atoms with van der Waals surface area (Å²) in [6.07, 6.45) is 1.69. The maximum atomic E-state index is 11.0. The first kappa shape index (κ1) is 12.3. The van der Waals surface area contributed by atoms with Gasteiger partial charge < -0.3 is 11.1 Å². The van der Waals surface area contributed by atoms with Gasteiger partial charge in [-0.15, -0.1) is 11.3 Å². The molecule has 4 nitrogen and oxygen atoms in total. The van der Waals surface area contributed by atoms with E-state index >= 15 is 0 Å². The fourth-order valence-corrected chi connectivity index (χ4v) is 2.83. The highest BCUT2D eigenvalue weighted by molar-refractivity contribution is 7.84. The van der Waals surface area contributed by atoms with Crippen LogP contribution in [0.5, 0.6) is 0 Å². The van der Waals surface area contributed by atoms with Crippen molar-refractivity contribution in [2.75, 3.05) is 29.6 Å². The van der Waals surface area contributed by atoms with Gasteiger partial charge in [0.05, 0.1) is 26.6 Å². The van der Waals surface area contributed by atoms with E-state index in [0.717, 1.165) is 20.9 Å². The molecule has 1 unspecified atom stereocenters. The van der Waals surface area contributed by atoms with Gasteiger partial charge in [0.2, 0.25) is 0 Å². The van der Waals surface area contributed by atoms with E-state index in [-0.39, 0.29) is 0 Å². The minimum absolute atomic E-state index is 0.619. The quantitative estimate of drug-likeness (QED) is 0.833. The molecule has 3 N–H and O–H groups in total. The average molecular weight is 269 g/mol. The van der Waals surface area contributed by atoms with E-state index in [1.54, 1.807) is 17.6 Å². The number of nitrogens with zero attached hydrogens (tertiary/aromatic N) is 1. The van der Waals surface area contributed by atoms with Crippen molar-refractivity contribution in [1.82, 2.24) is 4.98 Å². The van der Waals surface area contributed by atoms with Gasteiger partial charge in [-0.2, -0.15) is 0 Å². The van der Waals surface area contributed by atoms with Gasteiger partial charge in [0, 0.05) is 29.4 Å². The first-order valence-corrected chi connectivity index (χ1v) is 7.81. The first-order valence-electron chi connectivity index (χ1n) is 5.27. The monoisotopic (exact) mass is 269 g/mol. The number of fused-ring (bicyclic) bond motifs is 1. The molecular formula is C11H15N3OS2. The molecule has 0 aliphatic carbocycles. The Morgan fingerprint density at radius 2 is 2.29 bits per heavy atom. The maximum Gasteiger partial charge on any atom is 0.0907 e. The zero-order valence-corrected chi connectivity index (χ0v) is 11.5. The summed E-state index contributed by atoms with van der Waals surface area (Å²) in [6, 6.07) is 3.89.